The Hall–Kier alpha value is -1.09. The van der Waals surface area contributed by atoms with Gasteiger partial charge in [0.2, 0.25) is 0 Å². The molecular formula is C14H24N2O. The number of hydrogen-bond acceptors (Lipinski definition) is 3. The Morgan fingerprint density at radius 1 is 1.24 bits per heavy atom. The maximum Gasteiger partial charge on any atom is 0.142 e. The normalized spacial score (nSPS) is 10.5. The summed E-state index contributed by atoms with van der Waals surface area (Å²) in [5, 5.41) is 3.31. The second-order valence-electron chi connectivity index (χ2n) is 4.17. The first-order chi connectivity index (χ1) is 8.38. The molecule has 0 radical (unpaired) electrons. The van der Waals surface area contributed by atoms with Gasteiger partial charge < -0.3 is 10.1 Å². The molecule has 1 N–H and O–H groups in total. The zero-order valence-corrected chi connectivity index (χ0v) is 11.0. The molecular weight excluding hydrogens is 212 g/mol. The molecule has 3 heteroatoms. The van der Waals surface area contributed by atoms with Crippen LogP contribution in [0.25, 0.3) is 0 Å². The van der Waals surface area contributed by atoms with E-state index in [0.29, 0.717) is 0 Å². The van der Waals surface area contributed by atoms with Gasteiger partial charge in [0.1, 0.15) is 5.75 Å². The Kier molecular flexibility index (Phi) is 7.39. The number of unbranched alkanes of at least 4 members (excludes halogenated alkanes) is 3. The SMILES string of the molecule is CCCCCCOc1cnccc1CNCC. The maximum absolute atomic E-state index is 5.78. The van der Waals surface area contributed by atoms with E-state index in [9.17, 15) is 0 Å². The Balaban J connectivity index is 2.35. The van der Waals surface area contributed by atoms with Gasteiger partial charge in [-0.3, -0.25) is 4.98 Å². The monoisotopic (exact) mass is 236 g/mol. The van der Waals surface area contributed by atoms with E-state index in [4.69, 9.17) is 4.74 Å². The molecule has 0 saturated heterocycles. The molecule has 0 unspecified atom stereocenters. The van der Waals surface area contributed by atoms with Crippen molar-refractivity contribution >= 4 is 0 Å². The summed E-state index contributed by atoms with van der Waals surface area (Å²) in [7, 11) is 0. The molecule has 0 aliphatic heterocycles. The second-order valence-corrected chi connectivity index (χ2v) is 4.17. The van der Waals surface area contributed by atoms with Crippen LogP contribution in [-0.4, -0.2) is 18.1 Å². The van der Waals surface area contributed by atoms with Crippen molar-refractivity contribution in [2.24, 2.45) is 0 Å². The van der Waals surface area contributed by atoms with Crippen LogP contribution in [0.1, 0.15) is 45.1 Å². The van der Waals surface area contributed by atoms with E-state index in [-0.39, 0.29) is 0 Å². The van der Waals surface area contributed by atoms with Crippen LogP contribution >= 0.6 is 0 Å². The molecule has 0 atom stereocenters. The summed E-state index contributed by atoms with van der Waals surface area (Å²) in [5.41, 5.74) is 1.19. The van der Waals surface area contributed by atoms with Crippen LogP contribution in [0.3, 0.4) is 0 Å². The largest absolute Gasteiger partial charge is 0.492 e. The van der Waals surface area contributed by atoms with Crippen molar-refractivity contribution in [3.05, 3.63) is 24.0 Å². The van der Waals surface area contributed by atoms with Crippen molar-refractivity contribution < 1.29 is 4.74 Å². The van der Waals surface area contributed by atoms with Crippen LogP contribution in [0, 0.1) is 0 Å². The molecule has 0 amide bonds. The fourth-order valence-corrected chi connectivity index (χ4v) is 1.66. The third kappa shape index (κ3) is 5.68. The lowest BCUT2D eigenvalue weighted by Crippen LogP contribution is -2.13. The fraction of sp³-hybridized carbons (Fsp3) is 0.643. The molecule has 0 aromatic carbocycles. The molecule has 1 heterocycles. The van der Waals surface area contributed by atoms with Gasteiger partial charge in [-0.25, -0.2) is 0 Å². The number of pyridine rings is 1. The number of nitrogens with one attached hydrogen (secondary N) is 1. The lowest BCUT2D eigenvalue weighted by Gasteiger charge is -2.10. The van der Waals surface area contributed by atoms with Gasteiger partial charge in [-0.15, -0.1) is 0 Å². The van der Waals surface area contributed by atoms with Crippen LogP contribution in [0.2, 0.25) is 0 Å². The highest BCUT2D eigenvalue weighted by Gasteiger charge is 2.02. The van der Waals surface area contributed by atoms with E-state index >= 15 is 0 Å². The molecule has 0 bridgehead atoms. The van der Waals surface area contributed by atoms with Gasteiger partial charge in [0.05, 0.1) is 12.8 Å². The molecule has 3 nitrogen and oxygen atoms in total. The maximum atomic E-state index is 5.78. The average molecular weight is 236 g/mol. The molecule has 0 aliphatic carbocycles. The van der Waals surface area contributed by atoms with Crippen LogP contribution in [0.15, 0.2) is 18.5 Å². The molecule has 1 aromatic heterocycles. The average Bonchev–Trinajstić information content (AvgIpc) is 2.37. The van der Waals surface area contributed by atoms with E-state index in [2.05, 4.69) is 24.1 Å². The number of hydrogen-bond donors (Lipinski definition) is 1. The predicted octanol–water partition coefficient (Wildman–Crippen LogP) is 3.15. The first kappa shape index (κ1) is 14.0. The molecule has 17 heavy (non-hydrogen) atoms. The number of rotatable bonds is 9. The minimum absolute atomic E-state index is 0.796. The molecule has 96 valence electrons. The Morgan fingerprint density at radius 2 is 2.12 bits per heavy atom. The van der Waals surface area contributed by atoms with Gasteiger partial charge in [0.25, 0.3) is 0 Å². The van der Waals surface area contributed by atoms with Gasteiger partial charge in [-0.1, -0.05) is 33.1 Å². The summed E-state index contributed by atoms with van der Waals surface area (Å²) in [6.45, 7) is 6.94. The van der Waals surface area contributed by atoms with E-state index in [1.54, 1.807) is 0 Å². The van der Waals surface area contributed by atoms with E-state index < -0.39 is 0 Å². The Bertz CT molecular complexity index is 302. The van der Waals surface area contributed by atoms with Gasteiger partial charge in [0.15, 0.2) is 0 Å². The summed E-state index contributed by atoms with van der Waals surface area (Å²) in [6.07, 6.45) is 8.56. The van der Waals surface area contributed by atoms with E-state index in [0.717, 1.165) is 31.9 Å². The summed E-state index contributed by atoms with van der Waals surface area (Å²) >= 11 is 0. The summed E-state index contributed by atoms with van der Waals surface area (Å²) in [5.74, 6) is 0.921. The molecule has 0 spiro atoms. The number of nitrogens with zero attached hydrogens (tertiary/aromatic N) is 1. The van der Waals surface area contributed by atoms with Crippen LogP contribution in [-0.2, 0) is 6.54 Å². The summed E-state index contributed by atoms with van der Waals surface area (Å²) in [4.78, 5) is 4.12. The zero-order valence-electron chi connectivity index (χ0n) is 11.0. The first-order valence-electron chi connectivity index (χ1n) is 6.64. The minimum atomic E-state index is 0.796. The molecule has 1 rings (SSSR count). The van der Waals surface area contributed by atoms with E-state index in [1.165, 1.54) is 24.8 Å². The number of aromatic nitrogens is 1. The Labute approximate surface area is 105 Å². The molecule has 0 saturated carbocycles. The van der Waals surface area contributed by atoms with Gasteiger partial charge in [0, 0.05) is 18.3 Å². The first-order valence-corrected chi connectivity index (χ1v) is 6.64. The van der Waals surface area contributed by atoms with Crippen molar-refractivity contribution in [3.63, 3.8) is 0 Å². The molecule has 1 aromatic rings. The minimum Gasteiger partial charge on any atom is -0.492 e. The van der Waals surface area contributed by atoms with Crippen molar-refractivity contribution in [1.29, 1.82) is 0 Å². The fourth-order valence-electron chi connectivity index (χ4n) is 1.66. The highest BCUT2D eigenvalue weighted by molar-refractivity contribution is 5.29. The van der Waals surface area contributed by atoms with Gasteiger partial charge in [-0.05, 0) is 19.0 Å². The summed E-state index contributed by atoms with van der Waals surface area (Å²) < 4.78 is 5.78. The molecule has 0 aliphatic rings. The van der Waals surface area contributed by atoms with Crippen LogP contribution < -0.4 is 10.1 Å². The smallest absolute Gasteiger partial charge is 0.142 e. The van der Waals surface area contributed by atoms with Crippen molar-refractivity contribution in [1.82, 2.24) is 10.3 Å². The van der Waals surface area contributed by atoms with Gasteiger partial charge >= 0.3 is 0 Å². The van der Waals surface area contributed by atoms with E-state index in [1.807, 2.05) is 18.5 Å². The van der Waals surface area contributed by atoms with Crippen molar-refractivity contribution in [2.45, 2.75) is 46.1 Å². The topological polar surface area (TPSA) is 34.1 Å². The third-order valence-corrected chi connectivity index (χ3v) is 2.69. The highest BCUT2D eigenvalue weighted by atomic mass is 16.5. The number of ether oxygens (including phenoxy) is 1. The van der Waals surface area contributed by atoms with Crippen LogP contribution in [0.4, 0.5) is 0 Å². The van der Waals surface area contributed by atoms with Gasteiger partial charge in [-0.2, -0.15) is 0 Å². The second kappa shape index (κ2) is 8.99. The predicted molar refractivity (Wildman–Crippen MR) is 71.3 cm³/mol. The quantitative estimate of drug-likeness (QED) is 0.669. The molecule has 0 fully saturated rings. The van der Waals surface area contributed by atoms with Crippen molar-refractivity contribution in [2.75, 3.05) is 13.2 Å². The van der Waals surface area contributed by atoms with Crippen LogP contribution in [0.5, 0.6) is 5.75 Å². The lowest BCUT2D eigenvalue weighted by atomic mass is 10.2. The zero-order chi connectivity index (χ0) is 12.3. The highest BCUT2D eigenvalue weighted by Crippen LogP contribution is 2.16. The standard InChI is InChI=1S/C14H24N2O/c1-3-5-6-7-10-17-14-12-16-9-8-13(14)11-15-4-2/h8-9,12,15H,3-7,10-11H2,1-2H3. The lowest BCUT2D eigenvalue weighted by molar-refractivity contribution is 0.300. The third-order valence-electron chi connectivity index (χ3n) is 2.69. The van der Waals surface area contributed by atoms with Crippen molar-refractivity contribution in [3.8, 4) is 5.75 Å². The summed E-state index contributed by atoms with van der Waals surface area (Å²) in [6, 6.07) is 2.02. The Morgan fingerprint density at radius 3 is 2.88 bits per heavy atom.